The van der Waals surface area contributed by atoms with E-state index in [2.05, 4.69) is 365 Å². The van der Waals surface area contributed by atoms with Gasteiger partial charge >= 0.3 is 103 Å². The Balaban J connectivity index is 0.000000174. The molecular weight excluding hydrogens is 1830 g/mol. The number of rotatable bonds is 24. The predicted octanol–water partition coefficient (Wildman–Crippen LogP) is 28.1. The zero-order valence-electron chi connectivity index (χ0n) is 77.4. The Morgan fingerprint density at radius 2 is 0.167 bits per heavy atom. The molecule has 0 saturated carbocycles. The van der Waals surface area contributed by atoms with Crippen LogP contribution in [0.3, 0.4) is 0 Å². The highest BCUT2D eigenvalue weighted by Crippen LogP contribution is 2.40. The standard InChI is InChI=1S/C45H50O5Si5.C36H40O4Si4.C27H30O3Si3/c1-51(36-31-41-21-11-6-12-22-41)46-52(2,37-32-42-23-13-7-14-24-42)48-54(4,39-34-44-27-17-9-18-28-44)50-55(5,40-35-45-29-19-10-20-30-45)49-53(3,47-51)38-33-43-25-15-8-16-26-43;1-41(29-25-33-17-9-5-10-18-33)37-42(2,30-26-34-19-11-6-12-20-34)39-44(4,32-28-36-23-15-8-16-24-36)40-43(3,38-41)31-27-35-21-13-7-14-22-35;1-31(22-19-25-13-7-4-8-14-25)28-32(2,23-20-26-15-9-5-10-16-26)30-33(3,29-31)24-21-27-17-11-6-12-18-27/h6-40H,1-5H3;5-32H,1-4H3;4-24H,1-3H3/b36-31-,37-32+,38-33+,39-34+,40-35+;29-25+,30-26+,31-27+,32-28+;22-19+,23-20+,24-21?. The van der Waals surface area contributed by atoms with Crippen LogP contribution in [0, 0.1) is 0 Å². The largest absolute Gasteiger partial charge is 0.410 e. The van der Waals surface area contributed by atoms with Crippen LogP contribution in [0.15, 0.2) is 432 Å². The Kier molecular flexibility index (Phi) is 34.6. The Hall–Kier alpha value is -10.4. The third-order valence-electron chi connectivity index (χ3n) is 21.4. The molecule has 3 aliphatic rings. The highest BCUT2D eigenvalue weighted by atomic mass is 28.5. The fourth-order valence-electron chi connectivity index (χ4n) is 15.6. The molecule has 6 atom stereocenters. The zero-order valence-corrected chi connectivity index (χ0v) is 89.4. The lowest BCUT2D eigenvalue weighted by Crippen LogP contribution is -2.66. The van der Waals surface area contributed by atoms with E-state index >= 15 is 0 Å². The maximum absolute atomic E-state index is 7.44. The summed E-state index contributed by atoms with van der Waals surface area (Å²) < 4.78 is 86.1. The Morgan fingerprint density at radius 3 is 0.227 bits per heavy atom. The van der Waals surface area contributed by atoms with Crippen molar-refractivity contribution in [2.24, 2.45) is 0 Å². The maximum atomic E-state index is 7.44. The first-order valence-electron chi connectivity index (χ1n) is 44.8. The van der Waals surface area contributed by atoms with Gasteiger partial charge in [-0.15, -0.1) is 0 Å². The molecule has 3 aliphatic heterocycles. The van der Waals surface area contributed by atoms with Crippen molar-refractivity contribution < 1.29 is 49.4 Å². The lowest BCUT2D eigenvalue weighted by molar-refractivity contribution is 0.248. The summed E-state index contributed by atoms with van der Waals surface area (Å²) in [6.45, 7) is 25.4. The first-order chi connectivity index (χ1) is 63.4. The van der Waals surface area contributed by atoms with Gasteiger partial charge in [0.2, 0.25) is 0 Å². The molecule has 0 aliphatic carbocycles. The molecule has 0 N–H and O–H groups in total. The third kappa shape index (κ3) is 31.9. The van der Waals surface area contributed by atoms with Crippen LogP contribution in [0.4, 0.5) is 0 Å². The quantitative estimate of drug-likeness (QED) is 0.0537. The number of hydrogen-bond donors (Lipinski definition) is 0. The van der Waals surface area contributed by atoms with Gasteiger partial charge in [-0.05, 0) is 214 Å². The van der Waals surface area contributed by atoms with E-state index in [-0.39, 0.29) is 0 Å². The Labute approximate surface area is 796 Å². The minimum absolute atomic E-state index is 1.06. The summed E-state index contributed by atoms with van der Waals surface area (Å²) in [6.07, 6.45) is 25.3. The average molecular weight is 1950 g/mol. The van der Waals surface area contributed by atoms with E-state index in [0.29, 0.717) is 0 Å². The summed E-state index contributed by atoms with van der Waals surface area (Å²) in [6, 6.07) is 123. The lowest BCUT2D eigenvalue weighted by Gasteiger charge is -2.47. The topological polar surface area (TPSA) is 111 Å². The predicted molar refractivity (Wildman–Crippen MR) is 578 cm³/mol. The fraction of sp³-hybridized carbons (Fsp3) is 0.111. The summed E-state index contributed by atoms with van der Waals surface area (Å²) in [5.74, 6) is 0. The number of hydrogen-bond acceptors (Lipinski definition) is 12. The van der Waals surface area contributed by atoms with Gasteiger partial charge in [-0.2, -0.15) is 0 Å². The molecular formula is C108H120O12Si12. The molecule has 12 aromatic carbocycles. The first-order valence-corrected chi connectivity index (χ1v) is 73.5. The van der Waals surface area contributed by atoms with Gasteiger partial charge in [0, 0.05) is 0 Å². The lowest BCUT2D eigenvalue weighted by atomic mass is 10.2. The molecule has 0 amide bonds. The molecule has 672 valence electrons. The van der Waals surface area contributed by atoms with E-state index in [9.17, 15) is 0 Å². The van der Waals surface area contributed by atoms with Crippen LogP contribution in [0.25, 0.3) is 72.9 Å². The summed E-state index contributed by atoms with van der Waals surface area (Å²) in [5.41, 5.74) is 38.7. The van der Waals surface area contributed by atoms with Crippen LogP contribution in [-0.4, -0.2) is 103 Å². The third-order valence-corrected chi connectivity index (χ3v) is 69.6. The van der Waals surface area contributed by atoms with Gasteiger partial charge in [-0.3, -0.25) is 0 Å². The second-order valence-corrected chi connectivity index (χ2v) is 72.5. The molecule has 12 nitrogen and oxygen atoms in total. The molecule has 15 rings (SSSR count). The van der Waals surface area contributed by atoms with Crippen molar-refractivity contribution >= 4 is 176 Å². The van der Waals surface area contributed by atoms with Crippen LogP contribution in [0.2, 0.25) is 78.6 Å². The summed E-state index contributed by atoms with van der Waals surface area (Å²) >= 11 is 0. The molecule has 12 aromatic rings. The van der Waals surface area contributed by atoms with Crippen molar-refractivity contribution in [3.05, 3.63) is 499 Å². The molecule has 24 heteroatoms. The fourth-order valence-corrected chi connectivity index (χ4v) is 73.2. The van der Waals surface area contributed by atoms with E-state index < -0.39 is 103 Å². The Bertz CT molecular complexity index is 5220. The van der Waals surface area contributed by atoms with E-state index in [1.165, 1.54) is 0 Å². The van der Waals surface area contributed by atoms with Gasteiger partial charge in [-0.25, -0.2) is 0 Å². The minimum Gasteiger partial charge on any atom is -0.410 e. The molecule has 6 unspecified atom stereocenters. The summed E-state index contributed by atoms with van der Waals surface area (Å²) in [5, 5.41) is 0. The summed E-state index contributed by atoms with van der Waals surface area (Å²) in [4.78, 5) is 0. The first kappa shape index (κ1) is 99.1. The zero-order chi connectivity index (χ0) is 92.8. The molecule has 0 bridgehead atoms. The Morgan fingerprint density at radius 1 is 0.106 bits per heavy atom. The molecule has 0 aromatic heterocycles. The molecule has 3 heterocycles. The normalized spacial score (nSPS) is 28.1. The monoisotopic (exact) mass is 1940 g/mol. The second kappa shape index (κ2) is 46.1. The average Bonchev–Trinajstić information content (AvgIpc) is 0.771. The highest BCUT2D eigenvalue weighted by Gasteiger charge is 2.58. The van der Waals surface area contributed by atoms with Crippen molar-refractivity contribution in [1.29, 1.82) is 0 Å². The van der Waals surface area contributed by atoms with Crippen LogP contribution in [0.1, 0.15) is 66.8 Å². The van der Waals surface area contributed by atoms with Gasteiger partial charge < -0.3 is 49.4 Å². The van der Waals surface area contributed by atoms with Gasteiger partial charge in [0.15, 0.2) is 0 Å². The second-order valence-electron chi connectivity index (χ2n) is 34.3. The van der Waals surface area contributed by atoms with Crippen molar-refractivity contribution in [3.8, 4) is 0 Å². The van der Waals surface area contributed by atoms with E-state index in [4.69, 9.17) is 49.4 Å². The van der Waals surface area contributed by atoms with Crippen LogP contribution < -0.4 is 0 Å². The van der Waals surface area contributed by atoms with Gasteiger partial charge in [0.1, 0.15) is 0 Å². The molecule has 0 spiro atoms. The van der Waals surface area contributed by atoms with Crippen molar-refractivity contribution in [2.45, 2.75) is 78.6 Å². The van der Waals surface area contributed by atoms with Crippen molar-refractivity contribution in [3.63, 3.8) is 0 Å². The van der Waals surface area contributed by atoms with E-state index in [1.807, 2.05) is 218 Å². The smallest absolute Gasteiger partial charge is 0.344 e. The number of benzene rings is 12. The van der Waals surface area contributed by atoms with E-state index in [0.717, 1.165) is 66.8 Å². The minimum atomic E-state index is -3.27. The van der Waals surface area contributed by atoms with Crippen LogP contribution in [-0.2, 0) is 49.4 Å². The highest BCUT2D eigenvalue weighted by molar-refractivity contribution is 7.01. The summed E-state index contributed by atoms with van der Waals surface area (Å²) in [7, 11) is -36.4. The van der Waals surface area contributed by atoms with Crippen molar-refractivity contribution in [1.82, 2.24) is 0 Å². The SMILES string of the molecule is C[Si]1(/C=C/c2ccccc2)O[Si](C)(/C=C/c2ccccc2)O[Si](C)(/C=C/c2ccccc2)O[Si](C)(/C=C/c2ccccc2)O1.C[Si]1(/C=C\c2ccccc2)O[Si](C)(/C=C/c2ccccc2)O[Si](C)(/C=C/c2ccccc2)O[Si](C)(/C=C/c2ccccc2)O[Si](C)(/C=C/c2ccccc2)O1.C[Si]1(C=Cc2ccccc2)O[Si](C)(/C=C/c2ccccc2)O[Si](C)(/C=C/c2ccccc2)O1. The molecule has 3 fully saturated rings. The maximum Gasteiger partial charge on any atom is 0.344 e. The van der Waals surface area contributed by atoms with Gasteiger partial charge in [-0.1, -0.05) is 437 Å². The van der Waals surface area contributed by atoms with Crippen LogP contribution in [0.5, 0.6) is 0 Å². The molecule has 0 radical (unpaired) electrons. The van der Waals surface area contributed by atoms with Gasteiger partial charge in [0.25, 0.3) is 0 Å². The van der Waals surface area contributed by atoms with E-state index in [1.54, 1.807) is 0 Å². The molecule has 3 saturated heterocycles. The van der Waals surface area contributed by atoms with Gasteiger partial charge in [0.05, 0.1) is 0 Å². The van der Waals surface area contributed by atoms with Crippen molar-refractivity contribution in [2.75, 3.05) is 0 Å². The van der Waals surface area contributed by atoms with Crippen LogP contribution >= 0.6 is 0 Å². The molecule has 132 heavy (non-hydrogen) atoms.